The van der Waals surface area contributed by atoms with Crippen LogP contribution < -0.4 is 9.64 Å². The number of hydrogen-bond donors (Lipinski definition) is 0. The molecule has 0 unspecified atom stereocenters. The standard InChI is InChI=1S/C19H18ClF2N3O2S/c1-24(2)7-8-25(17(26)11-27-14-5-3-12(20)4-6-14)19-23-18-15(22)9-13(21)10-16(18)28-19/h3-6,9-10H,7-8,11H2,1-2H3. The van der Waals surface area contributed by atoms with Crippen LogP contribution >= 0.6 is 22.9 Å². The first-order chi connectivity index (χ1) is 13.3. The highest BCUT2D eigenvalue weighted by Gasteiger charge is 2.22. The van der Waals surface area contributed by atoms with E-state index in [1.165, 1.54) is 11.0 Å². The summed E-state index contributed by atoms with van der Waals surface area (Å²) in [5.41, 5.74) is 0.0441. The molecule has 0 aliphatic carbocycles. The molecule has 0 N–H and O–H groups in total. The third kappa shape index (κ3) is 4.95. The predicted molar refractivity (Wildman–Crippen MR) is 107 cm³/mol. The van der Waals surface area contributed by atoms with E-state index in [0.717, 1.165) is 17.4 Å². The van der Waals surface area contributed by atoms with Crippen molar-refractivity contribution >= 4 is 44.2 Å². The number of thiazole rings is 1. The first-order valence-corrected chi connectivity index (χ1v) is 9.62. The lowest BCUT2D eigenvalue weighted by atomic mass is 10.3. The highest BCUT2D eigenvalue weighted by Crippen LogP contribution is 2.31. The van der Waals surface area contributed by atoms with Gasteiger partial charge in [-0.1, -0.05) is 22.9 Å². The fraction of sp³-hybridized carbons (Fsp3) is 0.263. The third-order valence-electron chi connectivity index (χ3n) is 3.88. The molecule has 3 rings (SSSR count). The summed E-state index contributed by atoms with van der Waals surface area (Å²) in [4.78, 5) is 20.3. The van der Waals surface area contributed by atoms with E-state index in [-0.39, 0.29) is 18.0 Å². The van der Waals surface area contributed by atoms with Gasteiger partial charge in [0.05, 0.1) is 4.70 Å². The highest BCUT2D eigenvalue weighted by atomic mass is 35.5. The van der Waals surface area contributed by atoms with Gasteiger partial charge in [0.1, 0.15) is 17.1 Å². The second kappa shape index (κ2) is 8.81. The van der Waals surface area contributed by atoms with Crippen LogP contribution in [0.4, 0.5) is 13.9 Å². The molecular formula is C19H18ClF2N3O2S. The Kier molecular flexibility index (Phi) is 6.43. The minimum Gasteiger partial charge on any atom is -0.484 e. The molecule has 0 atom stereocenters. The summed E-state index contributed by atoms with van der Waals surface area (Å²) in [5, 5.41) is 0.862. The van der Waals surface area contributed by atoms with Crippen molar-refractivity contribution in [3.63, 3.8) is 0 Å². The minimum absolute atomic E-state index is 0.0441. The number of carbonyl (C=O) groups excluding carboxylic acids is 1. The van der Waals surface area contributed by atoms with Gasteiger partial charge in [-0.3, -0.25) is 9.69 Å². The molecule has 0 fully saturated rings. The number of fused-ring (bicyclic) bond motifs is 1. The van der Waals surface area contributed by atoms with Crippen LogP contribution in [0.25, 0.3) is 10.2 Å². The van der Waals surface area contributed by atoms with Crippen LogP contribution in [0, 0.1) is 11.6 Å². The van der Waals surface area contributed by atoms with E-state index >= 15 is 0 Å². The molecule has 5 nitrogen and oxygen atoms in total. The number of nitrogens with zero attached hydrogens (tertiary/aromatic N) is 3. The van der Waals surface area contributed by atoms with Crippen LogP contribution in [0.3, 0.4) is 0 Å². The van der Waals surface area contributed by atoms with Crippen molar-refractivity contribution in [2.24, 2.45) is 0 Å². The lowest BCUT2D eigenvalue weighted by Gasteiger charge is -2.22. The summed E-state index contributed by atoms with van der Waals surface area (Å²) < 4.78 is 33.3. The highest BCUT2D eigenvalue weighted by molar-refractivity contribution is 7.22. The Balaban J connectivity index is 1.82. The number of rotatable bonds is 7. The van der Waals surface area contributed by atoms with E-state index in [4.69, 9.17) is 16.3 Å². The fourth-order valence-corrected chi connectivity index (χ4v) is 3.62. The Labute approximate surface area is 170 Å². The number of anilines is 1. The van der Waals surface area contributed by atoms with E-state index in [9.17, 15) is 13.6 Å². The van der Waals surface area contributed by atoms with E-state index in [2.05, 4.69) is 4.98 Å². The van der Waals surface area contributed by atoms with Crippen molar-refractivity contribution in [1.82, 2.24) is 9.88 Å². The number of benzene rings is 2. The topological polar surface area (TPSA) is 45.7 Å². The Morgan fingerprint density at radius 2 is 1.89 bits per heavy atom. The van der Waals surface area contributed by atoms with Gasteiger partial charge in [-0.25, -0.2) is 13.8 Å². The minimum atomic E-state index is -0.755. The van der Waals surface area contributed by atoms with Gasteiger partial charge in [0.15, 0.2) is 17.6 Å². The maximum atomic E-state index is 14.0. The van der Waals surface area contributed by atoms with Crippen molar-refractivity contribution in [3.8, 4) is 5.75 Å². The number of amides is 1. The zero-order valence-electron chi connectivity index (χ0n) is 15.3. The van der Waals surface area contributed by atoms with E-state index in [1.54, 1.807) is 24.3 Å². The number of halogens is 3. The molecule has 1 heterocycles. The van der Waals surface area contributed by atoms with Crippen molar-refractivity contribution in [3.05, 3.63) is 53.1 Å². The van der Waals surface area contributed by atoms with Gasteiger partial charge in [0, 0.05) is 24.2 Å². The quantitative estimate of drug-likeness (QED) is 0.569. The van der Waals surface area contributed by atoms with E-state index in [1.807, 2.05) is 19.0 Å². The van der Waals surface area contributed by atoms with Gasteiger partial charge in [-0.15, -0.1) is 0 Å². The molecule has 0 spiro atoms. The maximum Gasteiger partial charge on any atom is 0.266 e. The first-order valence-electron chi connectivity index (χ1n) is 8.42. The number of carbonyl (C=O) groups is 1. The van der Waals surface area contributed by atoms with Gasteiger partial charge in [0.2, 0.25) is 0 Å². The molecule has 3 aromatic rings. The fourth-order valence-electron chi connectivity index (χ4n) is 2.44. The van der Waals surface area contributed by atoms with Crippen LogP contribution in [-0.4, -0.2) is 49.6 Å². The SMILES string of the molecule is CN(C)CCN(C(=O)COc1ccc(Cl)cc1)c1nc2c(F)cc(F)cc2s1. The average Bonchev–Trinajstić information content (AvgIpc) is 3.05. The van der Waals surface area contributed by atoms with Crippen LogP contribution in [0.2, 0.25) is 5.02 Å². The second-order valence-corrected chi connectivity index (χ2v) is 7.77. The molecule has 0 radical (unpaired) electrons. The lowest BCUT2D eigenvalue weighted by Crippen LogP contribution is -2.39. The third-order valence-corrected chi connectivity index (χ3v) is 5.16. The van der Waals surface area contributed by atoms with Gasteiger partial charge in [-0.2, -0.15) is 0 Å². The predicted octanol–water partition coefficient (Wildman–Crippen LogP) is 4.20. The normalized spacial score (nSPS) is 11.2. The molecule has 0 bridgehead atoms. The van der Waals surface area contributed by atoms with Crippen LogP contribution in [-0.2, 0) is 4.79 Å². The molecule has 9 heteroatoms. The summed E-state index contributed by atoms with van der Waals surface area (Å²) >= 11 is 6.90. The number of hydrogen-bond acceptors (Lipinski definition) is 5. The monoisotopic (exact) mass is 425 g/mol. The Morgan fingerprint density at radius 3 is 2.57 bits per heavy atom. The summed E-state index contributed by atoms with van der Waals surface area (Å²) in [7, 11) is 3.75. The van der Waals surface area contributed by atoms with E-state index < -0.39 is 11.6 Å². The largest absolute Gasteiger partial charge is 0.484 e. The molecule has 1 amide bonds. The van der Waals surface area contributed by atoms with Gasteiger partial charge >= 0.3 is 0 Å². The second-order valence-electron chi connectivity index (χ2n) is 6.32. The molecule has 148 valence electrons. The molecule has 0 aliphatic heterocycles. The smallest absolute Gasteiger partial charge is 0.266 e. The van der Waals surface area contributed by atoms with Gasteiger partial charge < -0.3 is 9.64 Å². The summed E-state index contributed by atoms with van der Waals surface area (Å²) in [5.74, 6) is -1.27. The molecular weight excluding hydrogens is 408 g/mol. The van der Waals surface area contributed by atoms with Gasteiger partial charge in [0.25, 0.3) is 5.91 Å². The number of likely N-dealkylation sites (N-methyl/N-ethyl adjacent to an activating group) is 1. The summed E-state index contributed by atoms with van der Waals surface area (Å²) in [6.07, 6.45) is 0. The zero-order chi connectivity index (χ0) is 20.3. The number of aromatic nitrogens is 1. The van der Waals surface area contributed by atoms with Crippen molar-refractivity contribution in [2.75, 3.05) is 38.7 Å². The van der Waals surface area contributed by atoms with Crippen LogP contribution in [0.1, 0.15) is 0 Å². The average molecular weight is 426 g/mol. The summed E-state index contributed by atoms with van der Waals surface area (Å²) in [6, 6.07) is 8.64. The van der Waals surface area contributed by atoms with E-state index in [0.29, 0.717) is 33.7 Å². The number of ether oxygens (including phenoxy) is 1. The molecule has 0 saturated heterocycles. The lowest BCUT2D eigenvalue weighted by molar-refractivity contribution is -0.120. The summed E-state index contributed by atoms with van der Waals surface area (Å²) in [6.45, 7) is 0.682. The Bertz CT molecular complexity index is 979. The molecule has 1 aromatic heterocycles. The molecule has 0 saturated carbocycles. The molecule has 2 aromatic carbocycles. The van der Waals surface area contributed by atoms with Crippen LogP contribution in [0.5, 0.6) is 5.75 Å². The van der Waals surface area contributed by atoms with Crippen LogP contribution in [0.15, 0.2) is 36.4 Å². The van der Waals surface area contributed by atoms with Crippen molar-refractivity contribution in [1.29, 1.82) is 0 Å². The zero-order valence-corrected chi connectivity index (χ0v) is 16.9. The molecule has 28 heavy (non-hydrogen) atoms. The van der Waals surface area contributed by atoms with Gasteiger partial charge in [-0.05, 0) is 44.4 Å². The first kappa shape index (κ1) is 20.4. The Morgan fingerprint density at radius 1 is 1.18 bits per heavy atom. The van der Waals surface area contributed by atoms with Crippen molar-refractivity contribution < 1.29 is 18.3 Å². The maximum absolute atomic E-state index is 14.0. The molecule has 0 aliphatic rings. The Hall–Kier alpha value is -2.29. The van der Waals surface area contributed by atoms with Crippen molar-refractivity contribution in [2.45, 2.75) is 0 Å².